The number of carbonyl (C=O) groups excluding carboxylic acids is 2. The van der Waals surface area contributed by atoms with E-state index in [-0.39, 0.29) is 17.4 Å². The minimum Gasteiger partial charge on any atom is -0.466 e. The Morgan fingerprint density at radius 1 is 1.10 bits per heavy atom. The molecule has 7 heteroatoms. The van der Waals surface area contributed by atoms with Crippen molar-refractivity contribution in [2.45, 2.75) is 31.6 Å². The Kier molecular flexibility index (Phi) is 5.42. The molecule has 0 bridgehead atoms. The van der Waals surface area contributed by atoms with Gasteiger partial charge >= 0.3 is 5.97 Å². The molecule has 2 aromatic rings. The summed E-state index contributed by atoms with van der Waals surface area (Å²) in [5, 5.41) is 14.6. The van der Waals surface area contributed by atoms with E-state index in [1.54, 1.807) is 19.1 Å². The third kappa shape index (κ3) is 3.74. The SMILES string of the molecule is COC(=O)C1=C(C)NC2=C(C(=O)C[C@@H](c3ccccc3)C2)[C@@H]1c1cccc([N+](=O)[O-])c1. The lowest BCUT2D eigenvalue weighted by Crippen LogP contribution is -2.36. The van der Waals surface area contributed by atoms with Crippen LogP contribution in [0.5, 0.6) is 0 Å². The molecule has 7 nitrogen and oxygen atoms in total. The molecule has 0 amide bonds. The van der Waals surface area contributed by atoms with E-state index in [0.29, 0.717) is 35.2 Å². The number of Topliss-reactive ketones (excluding diaryl/α,β-unsaturated/α-hetero) is 1. The zero-order valence-corrected chi connectivity index (χ0v) is 17.3. The number of allylic oxidation sites excluding steroid dienone is 3. The van der Waals surface area contributed by atoms with Crippen LogP contribution in [0.1, 0.15) is 42.7 Å². The van der Waals surface area contributed by atoms with Crippen LogP contribution in [0.2, 0.25) is 0 Å². The number of ketones is 1. The summed E-state index contributed by atoms with van der Waals surface area (Å²) in [4.78, 5) is 36.9. The van der Waals surface area contributed by atoms with Gasteiger partial charge in [-0.3, -0.25) is 14.9 Å². The average Bonchev–Trinajstić information content (AvgIpc) is 2.78. The van der Waals surface area contributed by atoms with E-state index in [2.05, 4.69) is 5.32 Å². The smallest absolute Gasteiger partial charge is 0.336 e. The van der Waals surface area contributed by atoms with Crippen LogP contribution in [-0.2, 0) is 14.3 Å². The van der Waals surface area contributed by atoms with Crippen molar-refractivity contribution in [1.29, 1.82) is 0 Å². The fourth-order valence-corrected chi connectivity index (χ4v) is 4.53. The van der Waals surface area contributed by atoms with Crippen molar-refractivity contribution in [1.82, 2.24) is 5.32 Å². The maximum atomic E-state index is 13.4. The molecule has 1 aliphatic carbocycles. The number of non-ortho nitro benzene ring substituents is 1. The number of carbonyl (C=O) groups is 2. The third-order valence-electron chi connectivity index (χ3n) is 5.92. The molecule has 0 unspecified atom stereocenters. The molecule has 2 atom stereocenters. The Labute approximate surface area is 179 Å². The summed E-state index contributed by atoms with van der Waals surface area (Å²) in [6, 6.07) is 15.9. The first-order valence-corrected chi connectivity index (χ1v) is 10.0. The number of hydrogen-bond acceptors (Lipinski definition) is 6. The number of benzene rings is 2. The van der Waals surface area contributed by atoms with Gasteiger partial charge in [-0.25, -0.2) is 4.79 Å². The molecule has 1 N–H and O–H groups in total. The van der Waals surface area contributed by atoms with E-state index < -0.39 is 16.8 Å². The van der Waals surface area contributed by atoms with E-state index in [1.165, 1.54) is 19.2 Å². The zero-order valence-electron chi connectivity index (χ0n) is 17.3. The van der Waals surface area contributed by atoms with E-state index in [9.17, 15) is 19.7 Å². The number of methoxy groups -OCH3 is 1. The standard InChI is InChI=1S/C24H22N2O5/c1-14-21(24(28)31-2)22(16-9-6-10-18(11-16)26(29)30)23-19(25-14)12-17(13-20(23)27)15-7-4-3-5-8-15/h3-11,17,22,25H,12-13H2,1-2H3/t17-,22+/m0/s1. The number of esters is 1. The summed E-state index contributed by atoms with van der Waals surface area (Å²) in [6.07, 6.45) is 0.922. The van der Waals surface area contributed by atoms with Crippen LogP contribution >= 0.6 is 0 Å². The monoisotopic (exact) mass is 418 g/mol. The third-order valence-corrected chi connectivity index (χ3v) is 5.92. The molecule has 1 aliphatic heterocycles. The predicted octanol–water partition coefficient (Wildman–Crippen LogP) is 4.13. The Morgan fingerprint density at radius 2 is 1.81 bits per heavy atom. The highest BCUT2D eigenvalue weighted by Crippen LogP contribution is 2.46. The molecule has 0 aromatic heterocycles. The molecule has 2 aliphatic rings. The highest BCUT2D eigenvalue weighted by molar-refractivity contribution is 6.04. The van der Waals surface area contributed by atoms with Crippen LogP contribution in [0.25, 0.3) is 0 Å². The van der Waals surface area contributed by atoms with Crippen LogP contribution in [-0.4, -0.2) is 23.8 Å². The highest BCUT2D eigenvalue weighted by atomic mass is 16.6. The minimum atomic E-state index is -0.715. The second kappa shape index (κ2) is 8.18. The van der Waals surface area contributed by atoms with Crippen molar-refractivity contribution < 1.29 is 19.2 Å². The molecule has 2 aromatic carbocycles. The first-order valence-electron chi connectivity index (χ1n) is 10.0. The van der Waals surface area contributed by atoms with E-state index in [4.69, 9.17) is 4.74 Å². The van der Waals surface area contributed by atoms with Crippen molar-refractivity contribution in [3.8, 4) is 0 Å². The number of rotatable bonds is 4. The topological polar surface area (TPSA) is 98.5 Å². The molecule has 0 saturated carbocycles. The van der Waals surface area contributed by atoms with Gasteiger partial charge in [0.05, 0.1) is 17.6 Å². The van der Waals surface area contributed by atoms with E-state index in [1.807, 2.05) is 30.3 Å². The van der Waals surface area contributed by atoms with Crippen LogP contribution in [0.15, 0.2) is 77.1 Å². The number of hydrogen-bond donors (Lipinski definition) is 1. The molecule has 0 radical (unpaired) electrons. The number of nitrogens with one attached hydrogen (secondary N) is 1. The first kappa shape index (κ1) is 20.5. The van der Waals surface area contributed by atoms with Crippen LogP contribution in [0.4, 0.5) is 5.69 Å². The van der Waals surface area contributed by atoms with Gasteiger partial charge in [0.15, 0.2) is 5.78 Å². The van der Waals surface area contributed by atoms with Gasteiger partial charge in [-0.2, -0.15) is 0 Å². The lowest BCUT2D eigenvalue weighted by Gasteiger charge is -2.36. The van der Waals surface area contributed by atoms with Gasteiger partial charge in [-0.1, -0.05) is 42.5 Å². The van der Waals surface area contributed by atoms with Crippen molar-refractivity contribution in [3.05, 3.63) is 98.4 Å². The number of nitro benzene ring substituents is 1. The van der Waals surface area contributed by atoms with Gasteiger partial charge in [0, 0.05) is 41.4 Å². The number of ether oxygens (including phenoxy) is 1. The maximum Gasteiger partial charge on any atom is 0.336 e. The Balaban J connectivity index is 1.84. The Morgan fingerprint density at radius 3 is 2.48 bits per heavy atom. The Hall–Kier alpha value is -3.74. The van der Waals surface area contributed by atoms with Gasteiger partial charge in [-0.05, 0) is 30.4 Å². The van der Waals surface area contributed by atoms with Gasteiger partial charge in [0.1, 0.15) is 0 Å². The van der Waals surface area contributed by atoms with E-state index >= 15 is 0 Å². The van der Waals surface area contributed by atoms with Gasteiger partial charge in [0.2, 0.25) is 0 Å². The number of dihydropyridines is 1. The molecule has 0 spiro atoms. The molecule has 0 saturated heterocycles. The van der Waals surface area contributed by atoms with Crippen molar-refractivity contribution in [2.24, 2.45) is 0 Å². The second-order valence-electron chi connectivity index (χ2n) is 7.77. The Bertz CT molecular complexity index is 1130. The zero-order chi connectivity index (χ0) is 22.1. The summed E-state index contributed by atoms with van der Waals surface area (Å²) < 4.78 is 4.99. The van der Waals surface area contributed by atoms with Gasteiger partial charge in [-0.15, -0.1) is 0 Å². The number of nitrogens with zero attached hydrogens (tertiary/aromatic N) is 1. The molecule has 1 heterocycles. The lowest BCUT2D eigenvalue weighted by atomic mass is 9.71. The maximum absolute atomic E-state index is 13.4. The molecule has 31 heavy (non-hydrogen) atoms. The summed E-state index contributed by atoms with van der Waals surface area (Å²) in [5.41, 5.74) is 3.64. The predicted molar refractivity (Wildman–Crippen MR) is 114 cm³/mol. The van der Waals surface area contributed by atoms with Crippen molar-refractivity contribution in [3.63, 3.8) is 0 Å². The van der Waals surface area contributed by atoms with Crippen LogP contribution in [0.3, 0.4) is 0 Å². The van der Waals surface area contributed by atoms with E-state index in [0.717, 1.165) is 11.3 Å². The summed E-state index contributed by atoms with van der Waals surface area (Å²) in [6.45, 7) is 1.76. The highest BCUT2D eigenvalue weighted by Gasteiger charge is 2.41. The molecule has 0 fully saturated rings. The summed E-state index contributed by atoms with van der Waals surface area (Å²) in [5.74, 6) is -1.33. The summed E-state index contributed by atoms with van der Waals surface area (Å²) in [7, 11) is 1.28. The van der Waals surface area contributed by atoms with Crippen molar-refractivity contribution in [2.75, 3.05) is 7.11 Å². The normalized spacial score (nSPS) is 20.8. The molecule has 4 rings (SSSR count). The minimum absolute atomic E-state index is 0.0261. The quantitative estimate of drug-likeness (QED) is 0.455. The van der Waals surface area contributed by atoms with Gasteiger partial charge < -0.3 is 10.1 Å². The molecular formula is C24H22N2O5. The molecular weight excluding hydrogens is 396 g/mol. The van der Waals surface area contributed by atoms with Gasteiger partial charge in [0.25, 0.3) is 5.69 Å². The fourth-order valence-electron chi connectivity index (χ4n) is 4.53. The molecule has 158 valence electrons. The fraction of sp³-hybridized carbons (Fsp3) is 0.250. The number of nitro groups is 1. The second-order valence-corrected chi connectivity index (χ2v) is 7.77. The summed E-state index contributed by atoms with van der Waals surface area (Å²) >= 11 is 0. The largest absolute Gasteiger partial charge is 0.466 e. The van der Waals surface area contributed by atoms with Crippen molar-refractivity contribution >= 4 is 17.4 Å². The van der Waals surface area contributed by atoms with Crippen LogP contribution in [0, 0.1) is 10.1 Å². The first-order chi connectivity index (χ1) is 14.9. The average molecular weight is 418 g/mol. The lowest BCUT2D eigenvalue weighted by molar-refractivity contribution is -0.384. The van der Waals surface area contributed by atoms with Crippen LogP contribution < -0.4 is 5.32 Å².